The second-order valence-electron chi connectivity index (χ2n) is 5.91. The molecule has 0 aliphatic heterocycles. The number of fused-ring (bicyclic) bond motifs is 2. The lowest BCUT2D eigenvalue weighted by molar-refractivity contribution is -0.108. The van der Waals surface area contributed by atoms with Crippen LogP contribution in [0.15, 0.2) is 4.99 Å². The molecule has 3 fully saturated rings. The number of aliphatic imine (C=N–C) groups is 1. The quantitative estimate of drug-likeness (QED) is 0.575. The molecule has 3 saturated carbocycles. The number of nitrogens with zero attached hydrogens (tertiary/aromatic N) is 1. The zero-order valence-corrected chi connectivity index (χ0v) is 11.1. The lowest BCUT2D eigenvalue weighted by atomic mass is 9.45. The molecule has 0 saturated heterocycles. The van der Waals surface area contributed by atoms with Crippen molar-refractivity contribution in [3.63, 3.8) is 0 Å². The zero-order valence-electron chi connectivity index (χ0n) is 11.1. The van der Waals surface area contributed by atoms with Crippen LogP contribution in [0.2, 0.25) is 0 Å². The van der Waals surface area contributed by atoms with E-state index < -0.39 is 0 Å². The average Bonchev–Trinajstić information content (AvgIpc) is 2.18. The second-order valence-corrected chi connectivity index (χ2v) is 5.91. The Bertz CT molecular complexity index is 219. The first-order chi connectivity index (χ1) is 6.98. The highest BCUT2D eigenvalue weighted by Gasteiger charge is 2.55. The van der Waals surface area contributed by atoms with Crippen LogP contribution in [-0.2, 0) is 0 Å². The predicted molar refractivity (Wildman–Crippen MR) is 68.5 cm³/mol. The van der Waals surface area contributed by atoms with Gasteiger partial charge in [-0.15, -0.1) is 0 Å². The van der Waals surface area contributed by atoms with Crippen molar-refractivity contribution in [2.24, 2.45) is 28.2 Å². The van der Waals surface area contributed by atoms with Gasteiger partial charge in [-0.05, 0) is 42.7 Å². The molecule has 15 heavy (non-hydrogen) atoms. The Morgan fingerprint density at radius 2 is 1.80 bits per heavy atom. The van der Waals surface area contributed by atoms with E-state index in [0.717, 1.165) is 17.8 Å². The van der Waals surface area contributed by atoms with Crippen LogP contribution in [0.1, 0.15) is 53.9 Å². The van der Waals surface area contributed by atoms with Gasteiger partial charge in [0.15, 0.2) is 0 Å². The van der Waals surface area contributed by atoms with Crippen molar-refractivity contribution >= 4 is 6.72 Å². The number of rotatable bonds is 1. The highest BCUT2D eigenvalue weighted by Crippen LogP contribution is 2.61. The van der Waals surface area contributed by atoms with Gasteiger partial charge in [0, 0.05) is 0 Å². The third-order valence-electron chi connectivity index (χ3n) is 4.55. The van der Waals surface area contributed by atoms with Gasteiger partial charge in [-0.2, -0.15) is 0 Å². The third-order valence-corrected chi connectivity index (χ3v) is 4.55. The van der Waals surface area contributed by atoms with Gasteiger partial charge in [0.25, 0.3) is 0 Å². The van der Waals surface area contributed by atoms with Crippen molar-refractivity contribution in [2.75, 3.05) is 0 Å². The molecular formula is C14H27N. The summed E-state index contributed by atoms with van der Waals surface area (Å²) in [6.45, 7) is 15.1. The summed E-state index contributed by atoms with van der Waals surface area (Å²) in [4.78, 5) is 4.22. The number of hydrogen-bond donors (Lipinski definition) is 0. The van der Waals surface area contributed by atoms with Crippen LogP contribution >= 0.6 is 0 Å². The van der Waals surface area contributed by atoms with Crippen molar-refractivity contribution < 1.29 is 0 Å². The largest absolute Gasteiger partial charge is 0.297 e. The highest BCUT2D eigenvalue weighted by atomic mass is 14.8. The molecule has 0 aromatic carbocycles. The van der Waals surface area contributed by atoms with Gasteiger partial charge >= 0.3 is 0 Å². The van der Waals surface area contributed by atoms with E-state index in [2.05, 4.69) is 46.3 Å². The van der Waals surface area contributed by atoms with Gasteiger partial charge in [0.1, 0.15) is 0 Å². The van der Waals surface area contributed by atoms with Gasteiger partial charge in [-0.1, -0.05) is 41.0 Å². The topological polar surface area (TPSA) is 12.4 Å². The standard InChI is InChI=1S/C11H19N.C3H8/c1-7-9-5-8(11(9,2)3)6-10(7)12-4;1-3-2/h7-10H,4-6H2,1-3H3;3H2,1-2H3/t7-,8-,9+,10-;/m0./s1. The summed E-state index contributed by atoms with van der Waals surface area (Å²) in [5.41, 5.74) is 0.598. The van der Waals surface area contributed by atoms with E-state index >= 15 is 0 Å². The predicted octanol–water partition coefficient (Wildman–Crippen LogP) is 4.17. The van der Waals surface area contributed by atoms with Crippen molar-refractivity contribution in [2.45, 2.75) is 59.9 Å². The molecule has 3 rings (SSSR count). The van der Waals surface area contributed by atoms with Gasteiger partial charge in [-0.3, -0.25) is 4.99 Å². The van der Waals surface area contributed by atoms with E-state index in [9.17, 15) is 0 Å². The monoisotopic (exact) mass is 209 g/mol. The van der Waals surface area contributed by atoms with Crippen molar-refractivity contribution in [1.29, 1.82) is 0 Å². The molecule has 88 valence electrons. The van der Waals surface area contributed by atoms with E-state index in [-0.39, 0.29) is 0 Å². The van der Waals surface area contributed by atoms with Gasteiger partial charge < -0.3 is 0 Å². The molecule has 0 aromatic rings. The van der Waals surface area contributed by atoms with Crippen molar-refractivity contribution in [3.8, 4) is 0 Å². The summed E-state index contributed by atoms with van der Waals surface area (Å²) in [5.74, 6) is 2.60. The summed E-state index contributed by atoms with van der Waals surface area (Å²) in [6, 6.07) is 0.557. The van der Waals surface area contributed by atoms with Crippen LogP contribution in [0.4, 0.5) is 0 Å². The fourth-order valence-electron chi connectivity index (χ4n) is 3.36. The molecule has 0 aromatic heterocycles. The fourth-order valence-corrected chi connectivity index (χ4v) is 3.36. The normalized spacial score (nSPS) is 40.9. The lowest BCUT2D eigenvalue weighted by Gasteiger charge is -2.61. The molecule has 0 amide bonds. The van der Waals surface area contributed by atoms with Crippen LogP contribution in [-0.4, -0.2) is 12.8 Å². The van der Waals surface area contributed by atoms with E-state index in [1.807, 2.05) is 0 Å². The lowest BCUT2D eigenvalue weighted by Crippen LogP contribution is -2.56. The Hall–Kier alpha value is -0.330. The van der Waals surface area contributed by atoms with E-state index in [1.54, 1.807) is 0 Å². The highest BCUT2D eigenvalue weighted by molar-refractivity contribution is 5.25. The summed E-state index contributed by atoms with van der Waals surface area (Å²) < 4.78 is 0. The molecule has 0 heterocycles. The number of hydrogen-bond acceptors (Lipinski definition) is 1. The molecule has 3 aliphatic carbocycles. The minimum atomic E-state index is 0.557. The fraction of sp³-hybridized carbons (Fsp3) is 0.929. The smallest absolute Gasteiger partial charge is 0.0523 e. The van der Waals surface area contributed by atoms with Crippen molar-refractivity contribution in [3.05, 3.63) is 0 Å². The van der Waals surface area contributed by atoms with E-state index in [0.29, 0.717) is 11.5 Å². The molecule has 0 unspecified atom stereocenters. The van der Waals surface area contributed by atoms with Gasteiger partial charge in [0.2, 0.25) is 0 Å². The maximum Gasteiger partial charge on any atom is 0.0523 e. The molecule has 0 spiro atoms. The Morgan fingerprint density at radius 3 is 2.13 bits per heavy atom. The molecular weight excluding hydrogens is 182 g/mol. The van der Waals surface area contributed by atoms with Gasteiger partial charge in [0.05, 0.1) is 6.04 Å². The Morgan fingerprint density at radius 1 is 1.27 bits per heavy atom. The first-order valence-corrected chi connectivity index (χ1v) is 6.44. The molecule has 0 radical (unpaired) electrons. The summed E-state index contributed by atoms with van der Waals surface area (Å²) in [7, 11) is 0. The molecule has 3 aliphatic rings. The summed E-state index contributed by atoms with van der Waals surface area (Å²) in [6.07, 6.45) is 3.98. The minimum absolute atomic E-state index is 0.557. The maximum atomic E-state index is 4.22. The average molecular weight is 209 g/mol. The summed E-state index contributed by atoms with van der Waals surface area (Å²) in [5, 5.41) is 0. The van der Waals surface area contributed by atoms with E-state index in [1.165, 1.54) is 19.3 Å². The third kappa shape index (κ3) is 2.11. The molecule has 1 heteroatoms. The first-order valence-electron chi connectivity index (χ1n) is 6.44. The SMILES string of the molecule is C=N[C@H]1C[C@@H]2C[C@H]([C@@H]1C)C2(C)C.CCC. The maximum absolute atomic E-state index is 4.22. The Labute approximate surface area is 95.4 Å². The zero-order chi connectivity index (χ0) is 11.6. The van der Waals surface area contributed by atoms with Crippen LogP contribution < -0.4 is 0 Å². The molecule has 1 nitrogen and oxygen atoms in total. The molecule has 4 atom stereocenters. The first kappa shape index (κ1) is 12.7. The van der Waals surface area contributed by atoms with Crippen LogP contribution in [0.5, 0.6) is 0 Å². The van der Waals surface area contributed by atoms with Crippen molar-refractivity contribution in [1.82, 2.24) is 0 Å². The van der Waals surface area contributed by atoms with Crippen LogP contribution in [0.3, 0.4) is 0 Å². The van der Waals surface area contributed by atoms with Crippen LogP contribution in [0.25, 0.3) is 0 Å². The van der Waals surface area contributed by atoms with Gasteiger partial charge in [-0.25, -0.2) is 0 Å². The molecule has 2 bridgehead atoms. The van der Waals surface area contributed by atoms with Crippen LogP contribution in [0, 0.1) is 23.2 Å². The molecule has 0 N–H and O–H groups in total. The van der Waals surface area contributed by atoms with E-state index in [4.69, 9.17) is 0 Å². The summed E-state index contributed by atoms with van der Waals surface area (Å²) >= 11 is 0. The second kappa shape index (κ2) is 4.67. The minimum Gasteiger partial charge on any atom is -0.297 e. The Kier molecular flexibility index (Phi) is 3.97. The Balaban J connectivity index is 0.000000337.